The molecule has 0 saturated heterocycles. The van der Waals surface area contributed by atoms with Crippen molar-refractivity contribution in [3.05, 3.63) is 40.9 Å². The van der Waals surface area contributed by atoms with Crippen LogP contribution in [0.3, 0.4) is 0 Å². The molecule has 0 radical (unpaired) electrons. The molecule has 0 aliphatic heterocycles. The van der Waals surface area contributed by atoms with Crippen molar-refractivity contribution in [1.82, 2.24) is 9.71 Å². The molecule has 2 aromatic heterocycles. The van der Waals surface area contributed by atoms with Gasteiger partial charge < -0.3 is 4.42 Å². The van der Waals surface area contributed by atoms with Crippen molar-refractivity contribution in [2.75, 3.05) is 0 Å². The van der Waals surface area contributed by atoms with E-state index in [0.717, 1.165) is 17.4 Å². The maximum atomic E-state index is 12.0. The molecule has 0 unspecified atom stereocenters. The van der Waals surface area contributed by atoms with Gasteiger partial charge in [0.1, 0.15) is 5.76 Å². The summed E-state index contributed by atoms with van der Waals surface area (Å²) in [4.78, 5) is 15.6. The molecular formula is C12H12N2O4S2. The van der Waals surface area contributed by atoms with Crippen molar-refractivity contribution in [1.29, 1.82) is 0 Å². The molecule has 2 aromatic rings. The van der Waals surface area contributed by atoms with Crippen LogP contribution in [0.25, 0.3) is 6.08 Å². The zero-order valence-electron chi connectivity index (χ0n) is 10.8. The zero-order valence-corrected chi connectivity index (χ0v) is 12.4. The summed E-state index contributed by atoms with van der Waals surface area (Å²) < 4.78 is 31.1. The van der Waals surface area contributed by atoms with Crippen LogP contribution < -0.4 is 4.72 Å². The van der Waals surface area contributed by atoms with Gasteiger partial charge >= 0.3 is 0 Å². The molecule has 1 N–H and O–H groups in total. The number of thiazole rings is 1. The molecular weight excluding hydrogens is 300 g/mol. The van der Waals surface area contributed by atoms with Crippen molar-refractivity contribution < 1.29 is 17.6 Å². The first kappa shape index (κ1) is 14.5. The lowest BCUT2D eigenvalue weighted by atomic mass is 10.4. The van der Waals surface area contributed by atoms with E-state index in [1.807, 2.05) is 4.72 Å². The van der Waals surface area contributed by atoms with Crippen molar-refractivity contribution in [3.8, 4) is 0 Å². The zero-order chi connectivity index (χ0) is 14.8. The fourth-order valence-corrected chi connectivity index (χ4v) is 3.95. The predicted molar refractivity (Wildman–Crippen MR) is 74.7 cm³/mol. The summed E-state index contributed by atoms with van der Waals surface area (Å²) in [6.45, 7) is 3.29. The van der Waals surface area contributed by atoms with Crippen LogP contribution in [0, 0.1) is 13.8 Å². The Bertz CT molecular complexity index is 743. The molecule has 106 valence electrons. The minimum Gasteiger partial charge on any atom is -0.465 e. The van der Waals surface area contributed by atoms with E-state index in [1.54, 1.807) is 26.0 Å². The van der Waals surface area contributed by atoms with Gasteiger partial charge in [-0.2, -0.15) is 0 Å². The number of sulfonamides is 1. The molecule has 0 atom stereocenters. The lowest BCUT2D eigenvalue weighted by Gasteiger charge is -2.02. The first-order chi connectivity index (χ1) is 9.38. The number of nitrogens with one attached hydrogen (secondary N) is 1. The van der Waals surface area contributed by atoms with Crippen LogP contribution in [0.5, 0.6) is 0 Å². The second-order valence-electron chi connectivity index (χ2n) is 3.92. The monoisotopic (exact) mass is 312 g/mol. The fraction of sp³-hybridized carbons (Fsp3) is 0.167. The Morgan fingerprint density at radius 3 is 2.75 bits per heavy atom. The van der Waals surface area contributed by atoms with Crippen LogP contribution in [0.15, 0.2) is 33.1 Å². The summed E-state index contributed by atoms with van der Waals surface area (Å²) in [7, 11) is -3.89. The molecule has 2 heterocycles. The van der Waals surface area contributed by atoms with Gasteiger partial charge in [-0.25, -0.2) is 18.1 Å². The second-order valence-corrected chi connectivity index (χ2v) is 7.01. The smallest absolute Gasteiger partial charge is 0.275 e. The normalized spacial score (nSPS) is 11.9. The molecule has 0 aliphatic carbocycles. The standard InChI is InChI=1S/C12H12N2O4S2/c1-8-12(19-9(2)13-8)20(16,17)14-11(15)6-5-10-4-3-7-18-10/h3-7H,1-2H3,(H,14,15). The van der Waals surface area contributed by atoms with Gasteiger partial charge in [0, 0.05) is 6.08 Å². The average Bonchev–Trinajstić information content (AvgIpc) is 2.95. The summed E-state index contributed by atoms with van der Waals surface area (Å²) in [5, 5.41) is 0.626. The molecule has 0 aromatic carbocycles. The molecule has 0 bridgehead atoms. The van der Waals surface area contributed by atoms with Crippen molar-refractivity contribution >= 4 is 33.3 Å². The molecule has 0 aliphatic rings. The number of nitrogens with zero attached hydrogens (tertiary/aromatic N) is 1. The molecule has 0 saturated carbocycles. The highest BCUT2D eigenvalue weighted by atomic mass is 32.2. The Kier molecular flexibility index (Phi) is 4.05. The summed E-state index contributed by atoms with van der Waals surface area (Å²) >= 11 is 1.02. The molecule has 0 spiro atoms. The minimum atomic E-state index is -3.89. The van der Waals surface area contributed by atoms with E-state index < -0.39 is 15.9 Å². The second kappa shape index (κ2) is 5.59. The predicted octanol–water partition coefficient (Wildman–Crippen LogP) is 1.87. The highest BCUT2D eigenvalue weighted by Gasteiger charge is 2.22. The topological polar surface area (TPSA) is 89.3 Å². The summed E-state index contributed by atoms with van der Waals surface area (Å²) in [5.41, 5.74) is 0.378. The lowest BCUT2D eigenvalue weighted by molar-refractivity contribution is -0.114. The quantitative estimate of drug-likeness (QED) is 0.871. The number of aromatic nitrogens is 1. The average molecular weight is 312 g/mol. The molecule has 8 heteroatoms. The Morgan fingerprint density at radius 2 is 2.20 bits per heavy atom. The summed E-state index contributed by atoms with van der Waals surface area (Å²) in [5.74, 6) is -0.283. The highest BCUT2D eigenvalue weighted by Crippen LogP contribution is 2.22. The Balaban J connectivity index is 2.12. The number of rotatable bonds is 4. The maximum absolute atomic E-state index is 12.0. The molecule has 2 rings (SSSR count). The first-order valence-corrected chi connectivity index (χ1v) is 7.91. The summed E-state index contributed by atoms with van der Waals surface area (Å²) in [6, 6.07) is 3.31. The van der Waals surface area contributed by atoms with E-state index >= 15 is 0 Å². The Hall–Kier alpha value is -1.93. The highest BCUT2D eigenvalue weighted by molar-refractivity contribution is 7.92. The van der Waals surface area contributed by atoms with Crippen LogP contribution in [-0.4, -0.2) is 19.3 Å². The van der Waals surface area contributed by atoms with Gasteiger partial charge in [0.25, 0.3) is 15.9 Å². The maximum Gasteiger partial charge on any atom is 0.275 e. The van der Waals surface area contributed by atoms with E-state index in [1.165, 1.54) is 12.3 Å². The van der Waals surface area contributed by atoms with E-state index in [2.05, 4.69) is 4.98 Å². The Labute approximate surface area is 120 Å². The largest absolute Gasteiger partial charge is 0.465 e. The number of furan rings is 1. The molecule has 1 amide bonds. The first-order valence-electron chi connectivity index (χ1n) is 5.61. The van der Waals surface area contributed by atoms with Crippen molar-refractivity contribution in [2.24, 2.45) is 0 Å². The lowest BCUT2D eigenvalue weighted by Crippen LogP contribution is -2.28. The summed E-state index contributed by atoms with van der Waals surface area (Å²) in [6.07, 6.45) is 3.94. The number of carbonyl (C=O) groups is 1. The third-order valence-electron chi connectivity index (χ3n) is 2.28. The van der Waals surface area contributed by atoms with E-state index in [4.69, 9.17) is 4.42 Å². The number of hydrogen-bond acceptors (Lipinski definition) is 6. The van der Waals surface area contributed by atoms with Crippen molar-refractivity contribution in [2.45, 2.75) is 18.1 Å². The van der Waals surface area contributed by atoms with Crippen LogP contribution in [0.1, 0.15) is 16.5 Å². The molecule has 0 fully saturated rings. The van der Waals surface area contributed by atoms with Crippen LogP contribution >= 0.6 is 11.3 Å². The van der Waals surface area contributed by atoms with Gasteiger partial charge in [-0.1, -0.05) is 0 Å². The number of aryl methyl sites for hydroxylation is 2. The third-order valence-corrected chi connectivity index (χ3v) is 5.31. The van der Waals surface area contributed by atoms with Crippen LogP contribution in [-0.2, 0) is 14.8 Å². The van der Waals surface area contributed by atoms with Crippen molar-refractivity contribution in [3.63, 3.8) is 0 Å². The van der Waals surface area contributed by atoms with E-state index in [9.17, 15) is 13.2 Å². The fourth-order valence-electron chi connectivity index (χ4n) is 1.52. The number of carbonyl (C=O) groups excluding carboxylic acids is 1. The molecule has 20 heavy (non-hydrogen) atoms. The van der Waals surface area contributed by atoms with Crippen LogP contribution in [0.2, 0.25) is 0 Å². The minimum absolute atomic E-state index is 0.0507. The van der Waals surface area contributed by atoms with Gasteiger partial charge in [0.15, 0.2) is 4.21 Å². The van der Waals surface area contributed by atoms with Gasteiger partial charge in [-0.15, -0.1) is 11.3 Å². The SMILES string of the molecule is Cc1nc(C)c(S(=O)(=O)NC(=O)C=Cc2ccco2)s1. The van der Waals surface area contributed by atoms with Gasteiger partial charge in [-0.3, -0.25) is 4.79 Å². The van der Waals surface area contributed by atoms with Gasteiger partial charge in [0.2, 0.25) is 0 Å². The number of hydrogen-bond donors (Lipinski definition) is 1. The van der Waals surface area contributed by atoms with Gasteiger partial charge in [0.05, 0.1) is 17.0 Å². The van der Waals surface area contributed by atoms with Gasteiger partial charge in [-0.05, 0) is 32.1 Å². The molecule has 6 nitrogen and oxygen atoms in total. The van der Waals surface area contributed by atoms with E-state index in [-0.39, 0.29) is 4.21 Å². The third kappa shape index (κ3) is 3.34. The number of amides is 1. The van der Waals surface area contributed by atoms with Crippen LogP contribution in [0.4, 0.5) is 0 Å². The van der Waals surface area contributed by atoms with E-state index in [0.29, 0.717) is 16.5 Å². The Morgan fingerprint density at radius 1 is 1.45 bits per heavy atom.